The average Bonchev–Trinajstić information content (AvgIpc) is 1.91. The third-order valence-corrected chi connectivity index (χ3v) is 1.76. The first-order valence-corrected chi connectivity index (χ1v) is 2.95. The summed E-state index contributed by atoms with van der Waals surface area (Å²) in [6.45, 7) is 1.98. The van der Waals surface area contributed by atoms with Gasteiger partial charge in [0.1, 0.15) is 6.17 Å². The van der Waals surface area contributed by atoms with E-state index in [-0.39, 0.29) is 0 Å². The summed E-state index contributed by atoms with van der Waals surface area (Å²) in [7, 11) is 0. The SMILES string of the molecule is C[C@H]1CCC[C@H]1F. The Morgan fingerprint density at radius 2 is 2.14 bits per heavy atom. The molecule has 1 rings (SSSR count). The Hall–Kier alpha value is -0.0700. The predicted molar refractivity (Wildman–Crippen MR) is 27.9 cm³/mol. The van der Waals surface area contributed by atoms with Crippen LogP contribution < -0.4 is 0 Å². The lowest BCUT2D eigenvalue weighted by Crippen LogP contribution is -2.01. The zero-order valence-electron chi connectivity index (χ0n) is 4.65. The van der Waals surface area contributed by atoms with Crippen LogP contribution in [0.15, 0.2) is 0 Å². The van der Waals surface area contributed by atoms with E-state index in [4.69, 9.17) is 0 Å². The van der Waals surface area contributed by atoms with E-state index in [2.05, 4.69) is 0 Å². The van der Waals surface area contributed by atoms with Gasteiger partial charge in [-0.1, -0.05) is 13.3 Å². The first kappa shape index (κ1) is 5.07. The van der Waals surface area contributed by atoms with Crippen LogP contribution in [0.25, 0.3) is 0 Å². The van der Waals surface area contributed by atoms with Crippen molar-refractivity contribution in [3.8, 4) is 0 Å². The molecule has 0 saturated heterocycles. The monoisotopic (exact) mass is 102 g/mol. The lowest BCUT2D eigenvalue weighted by atomic mass is 10.1. The van der Waals surface area contributed by atoms with Gasteiger partial charge in [-0.15, -0.1) is 0 Å². The molecule has 2 atom stereocenters. The fraction of sp³-hybridized carbons (Fsp3) is 1.00. The number of hydrogen-bond acceptors (Lipinski definition) is 0. The smallest absolute Gasteiger partial charge is 0.103 e. The fourth-order valence-corrected chi connectivity index (χ4v) is 1.10. The summed E-state index contributed by atoms with van der Waals surface area (Å²) >= 11 is 0. The first-order valence-electron chi connectivity index (χ1n) is 2.95. The molecular weight excluding hydrogens is 91.1 g/mol. The van der Waals surface area contributed by atoms with E-state index in [1.54, 1.807) is 0 Å². The van der Waals surface area contributed by atoms with Gasteiger partial charge in [0.05, 0.1) is 0 Å². The van der Waals surface area contributed by atoms with E-state index in [1.807, 2.05) is 6.92 Å². The Bertz CT molecular complexity index is 53.2. The van der Waals surface area contributed by atoms with Crippen LogP contribution in [0.5, 0.6) is 0 Å². The largest absolute Gasteiger partial charge is 0.247 e. The van der Waals surface area contributed by atoms with Gasteiger partial charge in [0, 0.05) is 0 Å². The maximum Gasteiger partial charge on any atom is 0.103 e. The number of hydrogen-bond donors (Lipinski definition) is 0. The lowest BCUT2D eigenvalue weighted by molar-refractivity contribution is 0.278. The molecule has 0 amide bonds. The Morgan fingerprint density at radius 3 is 2.29 bits per heavy atom. The van der Waals surface area contributed by atoms with E-state index in [1.165, 1.54) is 0 Å². The Balaban J connectivity index is 2.33. The molecule has 0 spiro atoms. The second-order valence-corrected chi connectivity index (χ2v) is 2.42. The van der Waals surface area contributed by atoms with Gasteiger partial charge in [-0.2, -0.15) is 0 Å². The van der Waals surface area contributed by atoms with Crippen LogP contribution in [-0.4, -0.2) is 6.17 Å². The van der Waals surface area contributed by atoms with E-state index in [0.29, 0.717) is 5.92 Å². The maximum atomic E-state index is 12.3. The van der Waals surface area contributed by atoms with Gasteiger partial charge in [0.2, 0.25) is 0 Å². The maximum absolute atomic E-state index is 12.3. The molecular formula is C6H11F. The van der Waals surface area contributed by atoms with Crippen LogP contribution in [-0.2, 0) is 0 Å². The standard InChI is InChI=1S/C6H11F/c1-5-3-2-4-6(5)7/h5-6H,2-4H2,1H3/t5-,6+/m0/s1. The van der Waals surface area contributed by atoms with E-state index < -0.39 is 6.17 Å². The van der Waals surface area contributed by atoms with Gasteiger partial charge in [-0.3, -0.25) is 0 Å². The van der Waals surface area contributed by atoms with Crippen molar-refractivity contribution in [1.82, 2.24) is 0 Å². The zero-order valence-corrected chi connectivity index (χ0v) is 4.65. The average molecular weight is 102 g/mol. The highest BCUT2D eigenvalue weighted by Crippen LogP contribution is 2.26. The summed E-state index contributed by atoms with van der Waals surface area (Å²) < 4.78 is 12.3. The van der Waals surface area contributed by atoms with Crippen LogP contribution in [0.1, 0.15) is 26.2 Å². The van der Waals surface area contributed by atoms with E-state index in [0.717, 1.165) is 19.3 Å². The summed E-state index contributed by atoms with van der Waals surface area (Å²) in [5, 5.41) is 0. The third kappa shape index (κ3) is 0.929. The summed E-state index contributed by atoms with van der Waals surface area (Å²) in [5.41, 5.74) is 0. The van der Waals surface area contributed by atoms with Crippen molar-refractivity contribution in [2.45, 2.75) is 32.4 Å². The van der Waals surface area contributed by atoms with Crippen molar-refractivity contribution in [3.05, 3.63) is 0 Å². The summed E-state index contributed by atoms with van der Waals surface area (Å²) in [4.78, 5) is 0. The molecule has 1 heteroatoms. The van der Waals surface area contributed by atoms with Gasteiger partial charge in [0.25, 0.3) is 0 Å². The molecule has 0 heterocycles. The quantitative estimate of drug-likeness (QED) is 0.439. The minimum absolute atomic E-state index is 0.347. The van der Waals surface area contributed by atoms with Crippen LogP contribution in [0.2, 0.25) is 0 Å². The molecule has 7 heavy (non-hydrogen) atoms. The molecule has 1 aliphatic carbocycles. The molecule has 42 valence electrons. The molecule has 1 fully saturated rings. The Kier molecular flexibility index (Phi) is 1.31. The summed E-state index contributed by atoms with van der Waals surface area (Å²) in [6, 6.07) is 0. The predicted octanol–water partition coefficient (Wildman–Crippen LogP) is 2.14. The van der Waals surface area contributed by atoms with Crippen LogP contribution in [0.4, 0.5) is 4.39 Å². The third-order valence-electron chi connectivity index (χ3n) is 1.76. The molecule has 0 N–H and O–H groups in total. The molecule has 0 aromatic rings. The van der Waals surface area contributed by atoms with Gasteiger partial charge >= 0.3 is 0 Å². The molecule has 1 aliphatic rings. The van der Waals surface area contributed by atoms with Crippen molar-refractivity contribution in [2.24, 2.45) is 5.92 Å². The van der Waals surface area contributed by atoms with Crippen molar-refractivity contribution >= 4 is 0 Å². The normalized spacial score (nSPS) is 42.0. The molecule has 0 aromatic heterocycles. The van der Waals surface area contributed by atoms with Gasteiger partial charge in [-0.05, 0) is 18.8 Å². The van der Waals surface area contributed by atoms with Gasteiger partial charge < -0.3 is 0 Å². The van der Waals surface area contributed by atoms with Crippen molar-refractivity contribution < 1.29 is 4.39 Å². The first-order chi connectivity index (χ1) is 3.30. The molecule has 0 aromatic carbocycles. The highest BCUT2D eigenvalue weighted by atomic mass is 19.1. The van der Waals surface area contributed by atoms with E-state index >= 15 is 0 Å². The number of alkyl halides is 1. The minimum Gasteiger partial charge on any atom is -0.247 e. The minimum atomic E-state index is -0.486. The van der Waals surface area contributed by atoms with Crippen molar-refractivity contribution in [1.29, 1.82) is 0 Å². The number of halogens is 1. The molecule has 0 unspecified atom stereocenters. The lowest BCUT2D eigenvalue weighted by Gasteiger charge is -2.00. The second kappa shape index (κ2) is 1.81. The topological polar surface area (TPSA) is 0 Å². The second-order valence-electron chi connectivity index (χ2n) is 2.42. The van der Waals surface area contributed by atoms with Crippen LogP contribution >= 0.6 is 0 Å². The van der Waals surface area contributed by atoms with Crippen molar-refractivity contribution in [3.63, 3.8) is 0 Å². The van der Waals surface area contributed by atoms with Crippen LogP contribution in [0, 0.1) is 5.92 Å². The zero-order chi connectivity index (χ0) is 5.28. The molecule has 0 aliphatic heterocycles. The fourth-order valence-electron chi connectivity index (χ4n) is 1.10. The van der Waals surface area contributed by atoms with Crippen molar-refractivity contribution in [2.75, 3.05) is 0 Å². The Morgan fingerprint density at radius 1 is 1.43 bits per heavy atom. The highest BCUT2D eigenvalue weighted by molar-refractivity contribution is 4.72. The Labute approximate surface area is 43.7 Å². The summed E-state index contributed by atoms with van der Waals surface area (Å²) in [6.07, 6.45) is 2.52. The number of rotatable bonds is 0. The highest BCUT2D eigenvalue weighted by Gasteiger charge is 2.21. The molecule has 1 saturated carbocycles. The van der Waals surface area contributed by atoms with Crippen LogP contribution in [0.3, 0.4) is 0 Å². The van der Waals surface area contributed by atoms with Gasteiger partial charge in [0.15, 0.2) is 0 Å². The molecule has 0 radical (unpaired) electrons. The summed E-state index contributed by atoms with van der Waals surface area (Å²) in [5.74, 6) is 0.347. The van der Waals surface area contributed by atoms with Gasteiger partial charge in [-0.25, -0.2) is 4.39 Å². The molecule has 0 bridgehead atoms. The van der Waals surface area contributed by atoms with E-state index in [9.17, 15) is 4.39 Å². The molecule has 0 nitrogen and oxygen atoms in total.